The molecule has 146 valence electrons. The number of hydrogen-bond donors (Lipinski definition) is 3. The molecule has 3 aromatic rings. The van der Waals surface area contributed by atoms with Crippen molar-refractivity contribution < 1.29 is 10.2 Å². The van der Waals surface area contributed by atoms with Crippen LogP contribution in [0, 0.1) is 6.92 Å². The molecule has 0 aliphatic heterocycles. The Hall–Kier alpha value is -2.78. The zero-order valence-electron chi connectivity index (χ0n) is 17.0. The maximum Gasteiger partial charge on any atom is 0.0891 e. The molecule has 0 radical (unpaired) electrons. The molecule has 3 rings (SSSR count). The molecule has 0 fully saturated rings. The van der Waals surface area contributed by atoms with Gasteiger partial charge in [0, 0.05) is 22.5 Å². The Morgan fingerprint density at radius 3 is 2.32 bits per heavy atom. The number of allylic oxidation sites excluding steroid dienone is 3. The van der Waals surface area contributed by atoms with Crippen molar-refractivity contribution in [3.63, 3.8) is 0 Å². The summed E-state index contributed by atoms with van der Waals surface area (Å²) < 4.78 is 0. The standard InChI is InChI=1S/C25H29NO2/c1-5-19-11-13-20(14-12-19)24(22(18(4)28)15-10-16(2)27)25-17(3)21-8-6-7-9-23(21)26-25/h6-15,18,24,26-28H,5H2,1-4H3/b16-10-,22-15+. The zero-order chi connectivity index (χ0) is 20.3. The Balaban J connectivity index is 2.24. The second-order valence-electron chi connectivity index (χ2n) is 7.39. The van der Waals surface area contributed by atoms with Crippen LogP contribution in [-0.4, -0.2) is 21.3 Å². The number of nitrogens with one attached hydrogen (secondary N) is 1. The van der Waals surface area contributed by atoms with Gasteiger partial charge in [-0.15, -0.1) is 0 Å². The monoisotopic (exact) mass is 375 g/mol. The summed E-state index contributed by atoms with van der Waals surface area (Å²) in [6, 6.07) is 16.8. The molecule has 0 aliphatic rings. The van der Waals surface area contributed by atoms with Gasteiger partial charge in [0.05, 0.1) is 11.9 Å². The van der Waals surface area contributed by atoms with Gasteiger partial charge < -0.3 is 15.2 Å². The molecule has 0 saturated carbocycles. The van der Waals surface area contributed by atoms with Gasteiger partial charge in [0.1, 0.15) is 0 Å². The topological polar surface area (TPSA) is 56.2 Å². The van der Waals surface area contributed by atoms with E-state index in [1.165, 1.54) is 16.5 Å². The molecular formula is C25H29NO2. The number of aliphatic hydroxyl groups is 2. The molecule has 1 aromatic heterocycles. The molecule has 3 heteroatoms. The average molecular weight is 376 g/mol. The average Bonchev–Trinajstić information content (AvgIpc) is 3.01. The third kappa shape index (κ3) is 4.05. The van der Waals surface area contributed by atoms with E-state index < -0.39 is 6.10 Å². The quantitative estimate of drug-likeness (QED) is 0.369. The van der Waals surface area contributed by atoms with E-state index in [4.69, 9.17) is 0 Å². The number of aliphatic hydroxyl groups excluding tert-OH is 2. The SMILES string of the molecule is CCc1ccc(C(/C(=C/C=C(/C)O)C(C)O)c2[nH]c3ccccc3c2C)cc1. The minimum absolute atomic E-state index is 0.131. The molecule has 2 aromatic carbocycles. The Bertz CT molecular complexity index is 1000. The van der Waals surface area contributed by atoms with E-state index in [-0.39, 0.29) is 11.7 Å². The Labute approximate surface area is 167 Å². The van der Waals surface area contributed by atoms with Crippen LogP contribution < -0.4 is 0 Å². The van der Waals surface area contributed by atoms with Crippen LogP contribution in [0.2, 0.25) is 0 Å². The van der Waals surface area contributed by atoms with Crippen LogP contribution in [0.25, 0.3) is 10.9 Å². The fourth-order valence-corrected chi connectivity index (χ4v) is 3.76. The molecule has 0 bridgehead atoms. The summed E-state index contributed by atoms with van der Waals surface area (Å²) in [5, 5.41) is 21.4. The number of para-hydroxylation sites is 1. The Kier molecular flexibility index (Phi) is 6.05. The van der Waals surface area contributed by atoms with Gasteiger partial charge in [0.2, 0.25) is 0 Å². The summed E-state index contributed by atoms with van der Waals surface area (Å²) in [4.78, 5) is 3.58. The molecule has 1 heterocycles. The van der Waals surface area contributed by atoms with E-state index in [9.17, 15) is 10.2 Å². The largest absolute Gasteiger partial charge is 0.513 e. The lowest BCUT2D eigenvalue weighted by atomic mass is 9.83. The number of rotatable bonds is 6. The Morgan fingerprint density at radius 1 is 1.07 bits per heavy atom. The van der Waals surface area contributed by atoms with Crippen molar-refractivity contribution in [3.05, 3.63) is 94.4 Å². The maximum atomic E-state index is 10.6. The molecule has 3 N–H and O–H groups in total. The minimum Gasteiger partial charge on any atom is -0.513 e. The van der Waals surface area contributed by atoms with Gasteiger partial charge in [-0.2, -0.15) is 0 Å². The summed E-state index contributed by atoms with van der Waals surface area (Å²) in [5.74, 6) is 0.0838. The summed E-state index contributed by atoms with van der Waals surface area (Å²) in [5.41, 5.74) is 6.57. The van der Waals surface area contributed by atoms with Gasteiger partial charge in [-0.1, -0.05) is 55.5 Å². The van der Waals surface area contributed by atoms with Crippen LogP contribution in [-0.2, 0) is 6.42 Å². The fourth-order valence-electron chi connectivity index (χ4n) is 3.76. The fraction of sp³-hybridized carbons (Fsp3) is 0.280. The van der Waals surface area contributed by atoms with Crippen LogP contribution >= 0.6 is 0 Å². The second kappa shape index (κ2) is 8.49. The molecular weight excluding hydrogens is 346 g/mol. The van der Waals surface area contributed by atoms with E-state index in [2.05, 4.69) is 55.2 Å². The van der Waals surface area contributed by atoms with Crippen molar-refractivity contribution in [2.45, 2.75) is 46.1 Å². The summed E-state index contributed by atoms with van der Waals surface area (Å²) in [6.07, 6.45) is 3.82. The number of aromatic nitrogens is 1. The highest BCUT2D eigenvalue weighted by Crippen LogP contribution is 2.38. The predicted octanol–water partition coefficient (Wildman–Crippen LogP) is 5.94. The van der Waals surface area contributed by atoms with Gasteiger partial charge >= 0.3 is 0 Å². The first kappa shape index (κ1) is 20.0. The Morgan fingerprint density at radius 2 is 1.75 bits per heavy atom. The summed E-state index contributed by atoms with van der Waals surface area (Å²) >= 11 is 0. The molecule has 2 atom stereocenters. The van der Waals surface area contributed by atoms with E-state index >= 15 is 0 Å². The van der Waals surface area contributed by atoms with Crippen molar-refractivity contribution in [3.8, 4) is 0 Å². The highest BCUT2D eigenvalue weighted by Gasteiger charge is 2.26. The van der Waals surface area contributed by atoms with Gasteiger partial charge in [-0.05, 0) is 61.6 Å². The summed E-state index contributed by atoms with van der Waals surface area (Å²) in [6.45, 7) is 7.67. The maximum absolute atomic E-state index is 10.6. The number of H-pyrrole nitrogens is 1. The van der Waals surface area contributed by atoms with E-state index in [0.29, 0.717) is 0 Å². The third-order valence-electron chi connectivity index (χ3n) is 5.35. The minimum atomic E-state index is -0.655. The summed E-state index contributed by atoms with van der Waals surface area (Å²) in [7, 11) is 0. The lowest BCUT2D eigenvalue weighted by molar-refractivity contribution is 0.225. The zero-order valence-corrected chi connectivity index (χ0v) is 17.0. The number of hydrogen-bond acceptors (Lipinski definition) is 2. The number of benzene rings is 2. The van der Waals surface area contributed by atoms with E-state index in [0.717, 1.165) is 28.8 Å². The molecule has 0 amide bonds. The van der Waals surface area contributed by atoms with Crippen molar-refractivity contribution in [2.75, 3.05) is 0 Å². The normalized spacial score (nSPS) is 15.0. The predicted molar refractivity (Wildman–Crippen MR) is 117 cm³/mol. The molecule has 3 nitrogen and oxygen atoms in total. The molecule has 0 saturated heterocycles. The van der Waals surface area contributed by atoms with Gasteiger partial charge in [0.15, 0.2) is 0 Å². The van der Waals surface area contributed by atoms with Crippen molar-refractivity contribution in [2.24, 2.45) is 0 Å². The van der Waals surface area contributed by atoms with Crippen LogP contribution in [0.4, 0.5) is 0 Å². The smallest absolute Gasteiger partial charge is 0.0891 e. The van der Waals surface area contributed by atoms with Crippen LogP contribution in [0.15, 0.2) is 72.0 Å². The second-order valence-corrected chi connectivity index (χ2v) is 7.39. The van der Waals surface area contributed by atoms with E-state index in [1.54, 1.807) is 19.9 Å². The van der Waals surface area contributed by atoms with E-state index in [1.807, 2.05) is 18.2 Å². The molecule has 2 unspecified atom stereocenters. The highest BCUT2D eigenvalue weighted by molar-refractivity contribution is 5.85. The first-order valence-corrected chi connectivity index (χ1v) is 9.83. The van der Waals surface area contributed by atoms with Crippen molar-refractivity contribution in [1.82, 2.24) is 4.98 Å². The van der Waals surface area contributed by atoms with Crippen LogP contribution in [0.3, 0.4) is 0 Å². The number of aryl methyl sites for hydroxylation is 2. The van der Waals surface area contributed by atoms with Crippen LogP contribution in [0.5, 0.6) is 0 Å². The lowest BCUT2D eigenvalue weighted by Gasteiger charge is -2.24. The number of fused-ring (bicyclic) bond motifs is 1. The van der Waals surface area contributed by atoms with Crippen molar-refractivity contribution >= 4 is 10.9 Å². The first-order valence-electron chi connectivity index (χ1n) is 9.83. The number of aromatic amines is 1. The molecule has 28 heavy (non-hydrogen) atoms. The molecule has 0 aliphatic carbocycles. The third-order valence-corrected chi connectivity index (χ3v) is 5.35. The van der Waals surface area contributed by atoms with Gasteiger partial charge in [-0.3, -0.25) is 0 Å². The van der Waals surface area contributed by atoms with Crippen molar-refractivity contribution in [1.29, 1.82) is 0 Å². The van der Waals surface area contributed by atoms with Gasteiger partial charge in [-0.25, -0.2) is 0 Å². The van der Waals surface area contributed by atoms with Gasteiger partial charge in [0.25, 0.3) is 0 Å². The first-order chi connectivity index (χ1) is 13.4. The molecule has 0 spiro atoms. The van der Waals surface area contributed by atoms with Crippen LogP contribution in [0.1, 0.15) is 49.1 Å². The lowest BCUT2D eigenvalue weighted by Crippen LogP contribution is -2.16. The highest BCUT2D eigenvalue weighted by atomic mass is 16.3.